The van der Waals surface area contributed by atoms with Gasteiger partial charge in [-0.1, -0.05) is 95.2 Å². The summed E-state index contributed by atoms with van der Waals surface area (Å²) >= 11 is 0. The number of unbranched alkanes of at least 4 members (excludes halogenated alkanes) is 9. The second-order valence-electron chi connectivity index (χ2n) is 8.82. The van der Waals surface area contributed by atoms with Crippen LogP contribution in [0.5, 0.6) is 0 Å². The Morgan fingerprint density at radius 1 is 0.821 bits per heavy atom. The van der Waals surface area contributed by atoms with Crippen molar-refractivity contribution in [1.82, 2.24) is 0 Å². The maximum absolute atomic E-state index is 4.03. The summed E-state index contributed by atoms with van der Waals surface area (Å²) in [6.07, 6.45) is 20.6. The molecule has 1 aliphatic rings. The second kappa shape index (κ2) is 15.1. The Labute approximate surface area is 181 Å². The minimum absolute atomic E-state index is 0. The van der Waals surface area contributed by atoms with Gasteiger partial charge in [0.2, 0.25) is 0 Å². The van der Waals surface area contributed by atoms with Crippen molar-refractivity contribution in [1.29, 1.82) is 0 Å². The highest BCUT2D eigenvalue weighted by molar-refractivity contribution is 5.51. The zero-order valence-electron chi connectivity index (χ0n) is 18.4. The van der Waals surface area contributed by atoms with Gasteiger partial charge in [-0.2, -0.15) is 0 Å². The molecule has 2 heteroatoms. The van der Waals surface area contributed by atoms with Gasteiger partial charge in [0.1, 0.15) is 6.54 Å². The van der Waals surface area contributed by atoms with Gasteiger partial charge in [0.25, 0.3) is 0 Å². The molecule has 0 saturated carbocycles. The lowest BCUT2D eigenvalue weighted by Crippen LogP contribution is -3.00. The van der Waals surface area contributed by atoms with Crippen LogP contribution in [0.1, 0.15) is 102 Å². The lowest BCUT2D eigenvalue weighted by Gasteiger charge is -2.42. The first-order valence-corrected chi connectivity index (χ1v) is 11.8. The summed E-state index contributed by atoms with van der Waals surface area (Å²) < 4.78 is 1.32. The first kappa shape index (κ1) is 25.2. The number of hydrogen-bond donors (Lipinski definition) is 0. The summed E-state index contributed by atoms with van der Waals surface area (Å²) in [4.78, 5) is 0. The van der Waals surface area contributed by atoms with E-state index in [1.54, 1.807) is 0 Å². The van der Waals surface area contributed by atoms with Crippen molar-refractivity contribution in [2.24, 2.45) is 0 Å². The molecule has 0 amide bonds. The van der Waals surface area contributed by atoms with Crippen LogP contribution in [0.2, 0.25) is 0 Å². The Bertz CT molecular complexity index is 519. The van der Waals surface area contributed by atoms with Crippen molar-refractivity contribution in [2.45, 2.75) is 96.9 Å². The maximum Gasteiger partial charge on any atom is 0.105 e. The molecule has 0 aromatic heterocycles. The lowest BCUT2D eigenvalue weighted by atomic mass is 10.0. The Hall–Kier alpha value is -0.790. The monoisotopic (exact) mass is 405 g/mol. The van der Waals surface area contributed by atoms with Crippen LogP contribution in [0.25, 0.3) is 6.08 Å². The molecule has 28 heavy (non-hydrogen) atoms. The zero-order valence-corrected chi connectivity index (χ0v) is 19.2. The number of halogens is 1. The Balaban J connectivity index is 0.00000392. The minimum atomic E-state index is 0. The summed E-state index contributed by atoms with van der Waals surface area (Å²) in [6.45, 7) is 11.7. The molecule has 0 atom stereocenters. The van der Waals surface area contributed by atoms with Gasteiger partial charge in [-0.15, -0.1) is 0 Å². The predicted octanol–water partition coefficient (Wildman–Crippen LogP) is 4.76. The Morgan fingerprint density at radius 2 is 1.39 bits per heavy atom. The third-order valence-electron chi connectivity index (χ3n) is 6.53. The van der Waals surface area contributed by atoms with Crippen molar-refractivity contribution >= 4 is 6.08 Å². The molecule has 0 spiro atoms. The SMILES string of the molecule is C=Cc1ccccc1C[N+]1(CCCCCCCCCCCC)CCCCC1.[Cl-]. The summed E-state index contributed by atoms with van der Waals surface area (Å²) in [5, 5.41) is 0. The topological polar surface area (TPSA) is 0 Å². The molecular weight excluding hydrogens is 362 g/mol. The smallest absolute Gasteiger partial charge is 0.105 e. The largest absolute Gasteiger partial charge is 1.00 e. The first-order chi connectivity index (χ1) is 13.3. The molecule has 160 valence electrons. The van der Waals surface area contributed by atoms with Gasteiger partial charge in [-0.25, -0.2) is 0 Å². The maximum atomic E-state index is 4.03. The van der Waals surface area contributed by atoms with E-state index in [2.05, 4.69) is 37.8 Å². The molecule has 1 heterocycles. The summed E-state index contributed by atoms with van der Waals surface area (Å²) in [6, 6.07) is 8.89. The van der Waals surface area contributed by atoms with Crippen LogP contribution >= 0.6 is 0 Å². The fourth-order valence-electron chi connectivity index (χ4n) is 4.82. The molecule has 0 N–H and O–H groups in total. The number of benzene rings is 1. The van der Waals surface area contributed by atoms with Crippen LogP contribution < -0.4 is 12.4 Å². The van der Waals surface area contributed by atoms with Crippen molar-refractivity contribution in [3.8, 4) is 0 Å². The molecule has 1 aromatic rings. The molecule has 0 unspecified atom stereocenters. The van der Waals surface area contributed by atoms with Crippen molar-refractivity contribution in [3.63, 3.8) is 0 Å². The number of hydrogen-bond acceptors (Lipinski definition) is 0. The average molecular weight is 406 g/mol. The fourth-order valence-corrected chi connectivity index (χ4v) is 4.82. The van der Waals surface area contributed by atoms with E-state index in [0.717, 1.165) is 0 Å². The molecule has 1 aliphatic heterocycles. The van der Waals surface area contributed by atoms with Crippen LogP contribution in [-0.2, 0) is 6.54 Å². The molecule has 0 bridgehead atoms. The number of quaternary nitrogens is 1. The van der Waals surface area contributed by atoms with Crippen LogP contribution in [0.4, 0.5) is 0 Å². The van der Waals surface area contributed by atoms with Gasteiger partial charge in [-0.3, -0.25) is 0 Å². The summed E-state index contributed by atoms with van der Waals surface area (Å²) in [7, 11) is 0. The molecule has 0 radical (unpaired) electrons. The standard InChI is InChI=1S/C26H44N.ClH/c1-3-5-6-7-8-9-10-11-12-16-21-27(22-17-13-18-23-27)24-26-20-15-14-19-25(26)4-2;/h4,14-15,19-20H,2-3,5-13,16-18,21-24H2,1H3;1H/q+1;/p-1. The van der Waals surface area contributed by atoms with Gasteiger partial charge in [-0.05, 0) is 37.7 Å². The van der Waals surface area contributed by atoms with Crippen LogP contribution in [-0.4, -0.2) is 24.1 Å². The minimum Gasteiger partial charge on any atom is -1.00 e. The molecular formula is C26H44ClN. The van der Waals surface area contributed by atoms with Crippen LogP contribution in [0.15, 0.2) is 30.8 Å². The van der Waals surface area contributed by atoms with E-state index in [1.807, 2.05) is 6.08 Å². The highest BCUT2D eigenvalue weighted by atomic mass is 35.5. The number of rotatable bonds is 14. The van der Waals surface area contributed by atoms with E-state index in [9.17, 15) is 0 Å². The van der Waals surface area contributed by atoms with Crippen LogP contribution in [0.3, 0.4) is 0 Å². The van der Waals surface area contributed by atoms with Gasteiger partial charge >= 0.3 is 0 Å². The number of piperidine rings is 1. The summed E-state index contributed by atoms with van der Waals surface area (Å²) in [5.74, 6) is 0. The molecule has 1 aromatic carbocycles. The first-order valence-electron chi connectivity index (χ1n) is 11.8. The fraction of sp³-hybridized carbons (Fsp3) is 0.692. The average Bonchev–Trinajstić information content (AvgIpc) is 2.70. The van der Waals surface area contributed by atoms with Crippen molar-refractivity contribution in [2.75, 3.05) is 19.6 Å². The lowest BCUT2D eigenvalue weighted by molar-refractivity contribution is -0.945. The molecule has 2 rings (SSSR count). The van der Waals surface area contributed by atoms with E-state index in [1.165, 1.54) is 125 Å². The van der Waals surface area contributed by atoms with E-state index in [0.29, 0.717) is 0 Å². The quantitative estimate of drug-likeness (QED) is 0.309. The number of likely N-dealkylation sites (tertiary alicyclic amines) is 1. The van der Waals surface area contributed by atoms with Crippen molar-refractivity contribution < 1.29 is 16.9 Å². The van der Waals surface area contributed by atoms with Gasteiger partial charge < -0.3 is 16.9 Å². The summed E-state index contributed by atoms with van der Waals surface area (Å²) in [5.41, 5.74) is 2.84. The molecule has 1 fully saturated rings. The second-order valence-corrected chi connectivity index (χ2v) is 8.82. The molecule has 1 nitrogen and oxygen atoms in total. The van der Waals surface area contributed by atoms with Crippen LogP contribution in [0, 0.1) is 0 Å². The molecule has 0 aliphatic carbocycles. The Morgan fingerprint density at radius 3 is 2.00 bits per heavy atom. The predicted molar refractivity (Wildman–Crippen MR) is 121 cm³/mol. The van der Waals surface area contributed by atoms with E-state index in [4.69, 9.17) is 0 Å². The van der Waals surface area contributed by atoms with E-state index in [-0.39, 0.29) is 12.4 Å². The third-order valence-corrected chi connectivity index (χ3v) is 6.53. The van der Waals surface area contributed by atoms with Gasteiger partial charge in [0.05, 0.1) is 19.6 Å². The third kappa shape index (κ3) is 9.14. The van der Waals surface area contributed by atoms with Gasteiger partial charge in [0, 0.05) is 5.56 Å². The zero-order chi connectivity index (χ0) is 19.2. The number of nitrogens with zero attached hydrogens (tertiary/aromatic N) is 1. The molecule has 1 saturated heterocycles. The van der Waals surface area contributed by atoms with E-state index < -0.39 is 0 Å². The van der Waals surface area contributed by atoms with Gasteiger partial charge in [0.15, 0.2) is 0 Å². The van der Waals surface area contributed by atoms with Crippen molar-refractivity contribution in [3.05, 3.63) is 42.0 Å². The highest BCUT2D eigenvalue weighted by Gasteiger charge is 2.30. The normalized spacial score (nSPS) is 15.8. The highest BCUT2D eigenvalue weighted by Crippen LogP contribution is 2.26. The van der Waals surface area contributed by atoms with E-state index >= 15 is 0 Å². The Kier molecular flexibility index (Phi) is 13.6.